The zero-order valence-corrected chi connectivity index (χ0v) is 13.3. The Kier molecular flexibility index (Phi) is 3.51. The van der Waals surface area contributed by atoms with Crippen LogP contribution in [0.15, 0.2) is 50.1 Å². The van der Waals surface area contributed by atoms with Gasteiger partial charge in [-0.05, 0) is 42.3 Å². The van der Waals surface area contributed by atoms with Crippen LogP contribution in [0.1, 0.15) is 5.56 Å². The van der Waals surface area contributed by atoms with Gasteiger partial charge in [0.25, 0.3) is 0 Å². The number of aryl methyl sites for hydroxylation is 1. The predicted molar refractivity (Wildman–Crippen MR) is 87.0 cm³/mol. The van der Waals surface area contributed by atoms with Gasteiger partial charge in [-0.3, -0.25) is 0 Å². The third-order valence-electron chi connectivity index (χ3n) is 3.34. The van der Waals surface area contributed by atoms with Gasteiger partial charge in [0.1, 0.15) is 5.75 Å². The van der Waals surface area contributed by atoms with Crippen LogP contribution in [0.2, 0.25) is 5.02 Å². The Bertz CT molecular complexity index is 898. The first-order valence-corrected chi connectivity index (χ1v) is 7.36. The van der Waals surface area contributed by atoms with Gasteiger partial charge in [0.15, 0.2) is 5.58 Å². The molecule has 1 N–H and O–H groups in total. The number of halogens is 2. The van der Waals surface area contributed by atoms with E-state index in [4.69, 9.17) is 16.0 Å². The minimum atomic E-state index is -0.449. The van der Waals surface area contributed by atoms with Gasteiger partial charge < -0.3 is 9.52 Å². The topological polar surface area (TPSA) is 50.4 Å². The van der Waals surface area contributed by atoms with Crippen LogP contribution < -0.4 is 5.63 Å². The second kappa shape index (κ2) is 5.20. The number of aromatic hydroxyl groups is 1. The van der Waals surface area contributed by atoms with Crippen molar-refractivity contribution in [2.24, 2.45) is 0 Å². The lowest BCUT2D eigenvalue weighted by Crippen LogP contribution is -2.06. The Morgan fingerprint density at radius 2 is 1.86 bits per heavy atom. The number of benzene rings is 2. The van der Waals surface area contributed by atoms with E-state index < -0.39 is 5.63 Å². The molecule has 5 heteroatoms. The van der Waals surface area contributed by atoms with Crippen molar-refractivity contribution < 1.29 is 9.52 Å². The van der Waals surface area contributed by atoms with Crippen molar-refractivity contribution in [3.05, 3.63) is 61.9 Å². The lowest BCUT2D eigenvalue weighted by Gasteiger charge is -2.09. The zero-order valence-electron chi connectivity index (χ0n) is 11.0. The maximum Gasteiger partial charge on any atom is 0.344 e. The van der Waals surface area contributed by atoms with Crippen LogP contribution in [-0.4, -0.2) is 5.11 Å². The van der Waals surface area contributed by atoms with Crippen LogP contribution in [-0.2, 0) is 0 Å². The van der Waals surface area contributed by atoms with Crippen molar-refractivity contribution in [3.8, 4) is 16.9 Å². The van der Waals surface area contributed by atoms with Crippen LogP contribution in [0.4, 0.5) is 0 Å². The standard InChI is InChI=1S/C16H10BrClO3/c1-8-12-6-10(17)7-13(18)15(12)21-16(20)14(8)9-2-4-11(19)5-3-9/h2-7,19H,1H3. The number of hydrogen-bond acceptors (Lipinski definition) is 3. The summed E-state index contributed by atoms with van der Waals surface area (Å²) in [4.78, 5) is 12.3. The van der Waals surface area contributed by atoms with E-state index in [9.17, 15) is 9.90 Å². The van der Waals surface area contributed by atoms with E-state index >= 15 is 0 Å². The molecule has 3 nitrogen and oxygen atoms in total. The molecule has 2 aromatic carbocycles. The summed E-state index contributed by atoms with van der Waals surface area (Å²) in [5.41, 5.74) is 1.88. The summed E-state index contributed by atoms with van der Waals surface area (Å²) in [6.45, 7) is 1.85. The highest BCUT2D eigenvalue weighted by atomic mass is 79.9. The van der Waals surface area contributed by atoms with Crippen molar-refractivity contribution in [3.63, 3.8) is 0 Å². The number of fused-ring (bicyclic) bond motifs is 1. The summed E-state index contributed by atoms with van der Waals surface area (Å²) in [7, 11) is 0. The van der Waals surface area contributed by atoms with E-state index in [0.29, 0.717) is 21.7 Å². The molecule has 0 bridgehead atoms. The molecule has 1 heterocycles. The summed E-state index contributed by atoms with van der Waals surface area (Å²) >= 11 is 9.52. The molecule has 0 radical (unpaired) electrons. The number of rotatable bonds is 1. The molecular weight excluding hydrogens is 356 g/mol. The molecule has 1 aromatic heterocycles. The molecule has 0 saturated carbocycles. The average Bonchev–Trinajstić information content (AvgIpc) is 2.42. The Labute approximate surface area is 133 Å². The quantitative estimate of drug-likeness (QED) is 0.625. The summed E-state index contributed by atoms with van der Waals surface area (Å²) in [5.74, 6) is 0.146. The van der Waals surface area contributed by atoms with E-state index in [2.05, 4.69) is 15.9 Å². The minimum absolute atomic E-state index is 0.146. The zero-order chi connectivity index (χ0) is 15.1. The van der Waals surface area contributed by atoms with Crippen LogP contribution >= 0.6 is 27.5 Å². The SMILES string of the molecule is Cc1c(-c2ccc(O)cc2)c(=O)oc2c(Cl)cc(Br)cc12. The molecule has 0 spiro atoms. The molecule has 0 fully saturated rings. The number of phenolic OH excluding ortho intramolecular Hbond substituents is 1. The van der Waals surface area contributed by atoms with E-state index in [1.165, 1.54) is 12.1 Å². The third kappa shape index (κ3) is 2.45. The lowest BCUT2D eigenvalue weighted by atomic mass is 9.99. The normalized spacial score (nSPS) is 11.0. The van der Waals surface area contributed by atoms with E-state index in [1.54, 1.807) is 18.2 Å². The fourth-order valence-corrected chi connectivity index (χ4v) is 3.18. The number of hydrogen-bond donors (Lipinski definition) is 1. The van der Waals surface area contributed by atoms with Gasteiger partial charge in [-0.25, -0.2) is 4.79 Å². The first-order chi connectivity index (χ1) is 9.97. The molecule has 0 aliphatic heterocycles. The van der Waals surface area contributed by atoms with Gasteiger partial charge in [-0.2, -0.15) is 0 Å². The number of phenols is 1. The Morgan fingerprint density at radius 3 is 2.52 bits per heavy atom. The van der Waals surface area contributed by atoms with Gasteiger partial charge in [-0.15, -0.1) is 0 Å². The van der Waals surface area contributed by atoms with Crippen LogP contribution in [0.3, 0.4) is 0 Å². The van der Waals surface area contributed by atoms with Gasteiger partial charge in [-0.1, -0.05) is 39.7 Å². The summed E-state index contributed by atoms with van der Waals surface area (Å²) in [6.07, 6.45) is 0. The fraction of sp³-hybridized carbons (Fsp3) is 0.0625. The van der Waals surface area contributed by atoms with E-state index in [-0.39, 0.29) is 5.75 Å². The van der Waals surface area contributed by atoms with Crippen LogP contribution in [0.25, 0.3) is 22.1 Å². The van der Waals surface area contributed by atoms with Gasteiger partial charge in [0.2, 0.25) is 0 Å². The third-order valence-corrected chi connectivity index (χ3v) is 4.08. The Hall–Kier alpha value is -1.78. The largest absolute Gasteiger partial charge is 0.508 e. The molecule has 3 aromatic rings. The maximum atomic E-state index is 12.3. The minimum Gasteiger partial charge on any atom is -0.508 e. The average molecular weight is 366 g/mol. The van der Waals surface area contributed by atoms with Crippen molar-refractivity contribution >= 4 is 38.5 Å². The molecule has 3 rings (SSSR count). The van der Waals surface area contributed by atoms with Gasteiger partial charge in [0.05, 0.1) is 10.6 Å². The molecule has 0 atom stereocenters. The Morgan fingerprint density at radius 1 is 1.19 bits per heavy atom. The van der Waals surface area contributed by atoms with Crippen LogP contribution in [0, 0.1) is 6.92 Å². The van der Waals surface area contributed by atoms with Crippen LogP contribution in [0.5, 0.6) is 5.75 Å². The summed E-state index contributed by atoms with van der Waals surface area (Å²) in [6, 6.07) is 9.98. The molecule has 0 saturated heterocycles. The molecule has 21 heavy (non-hydrogen) atoms. The summed E-state index contributed by atoms with van der Waals surface area (Å²) in [5, 5.41) is 10.5. The first-order valence-electron chi connectivity index (χ1n) is 6.19. The smallest absolute Gasteiger partial charge is 0.344 e. The van der Waals surface area contributed by atoms with Crippen molar-refractivity contribution in [1.29, 1.82) is 0 Å². The highest BCUT2D eigenvalue weighted by Gasteiger charge is 2.15. The molecule has 106 valence electrons. The molecule has 0 amide bonds. The van der Waals surface area contributed by atoms with Crippen molar-refractivity contribution in [2.75, 3.05) is 0 Å². The highest BCUT2D eigenvalue weighted by Crippen LogP contribution is 2.33. The van der Waals surface area contributed by atoms with Crippen molar-refractivity contribution in [1.82, 2.24) is 0 Å². The second-order valence-electron chi connectivity index (χ2n) is 4.70. The molecular formula is C16H10BrClO3. The second-order valence-corrected chi connectivity index (χ2v) is 6.02. The highest BCUT2D eigenvalue weighted by molar-refractivity contribution is 9.10. The fourth-order valence-electron chi connectivity index (χ4n) is 2.34. The van der Waals surface area contributed by atoms with Gasteiger partial charge >= 0.3 is 5.63 Å². The molecule has 0 aliphatic rings. The van der Waals surface area contributed by atoms with E-state index in [1.807, 2.05) is 13.0 Å². The Balaban J connectivity index is 2.39. The van der Waals surface area contributed by atoms with Crippen molar-refractivity contribution in [2.45, 2.75) is 6.92 Å². The van der Waals surface area contributed by atoms with E-state index in [0.717, 1.165) is 15.4 Å². The monoisotopic (exact) mass is 364 g/mol. The first kappa shape index (κ1) is 14.2. The molecule has 0 unspecified atom stereocenters. The lowest BCUT2D eigenvalue weighted by molar-refractivity contribution is 0.475. The molecule has 0 aliphatic carbocycles. The summed E-state index contributed by atoms with van der Waals surface area (Å²) < 4.78 is 6.19. The maximum absolute atomic E-state index is 12.3. The predicted octanol–water partition coefficient (Wildman–Crippen LogP) is 4.89. The van der Waals surface area contributed by atoms with Gasteiger partial charge in [0, 0.05) is 9.86 Å².